The first-order valence-corrected chi connectivity index (χ1v) is 7.46. The monoisotopic (exact) mass is 292 g/mol. The average Bonchev–Trinajstić information content (AvgIpc) is 2.40. The third-order valence-corrected chi connectivity index (χ3v) is 4.18. The summed E-state index contributed by atoms with van der Waals surface area (Å²) in [6, 6.07) is 16.4. The number of hydrogen-bond donors (Lipinski definition) is 2. The number of nitrogens with two attached hydrogens (primary N) is 1. The molecule has 3 N–H and O–H groups in total. The molecule has 2 nitrogen and oxygen atoms in total. The van der Waals surface area contributed by atoms with Gasteiger partial charge in [0, 0.05) is 15.7 Å². The molecule has 0 saturated heterocycles. The van der Waals surface area contributed by atoms with Crippen LogP contribution in [-0.2, 0) is 0 Å². The van der Waals surface area contributed by atoms with Crippen molar-refractivity contribution in [2.24, 2.45) is 5.84 Å². The van der Waals surface area contributed by atoms with Gasteiger partial charge in [0.25, 0.3) is 0 Å². The van der Waals surface area contributed by atoms with Gasteiger partial charge in [0.2, 0.25) is 0 Å². The molecule has 0 heterocycles. The second-order valence-corrected chi connectivity index (χ2v) is 5.93. The van der Waals surface area contributed by atoms with Crippen LogP contribution >= 0.6 is 23.4 Å². The number of rotatable bonds is 5. The van der Waals surface area contributed by atoms with Crippen molar-refractivity contribution in [1.82, 2.24) is 5.43 Å². The molecule has 1 unspecified atom stereocenters. The van der Waals surface area contributed by atoms with Crippen LogP contribution in [0.15, 0.2) is 53.4 Å². The highest BCUT2D eigenvalue weighted by atomic mass is 35.5. The Morgan fingerprint density at radius 3 is 2.68 bits per heavy atom. The molecular formula is C15H17ClN2S. The molecule has 4 heteroatoms. The maximum absolute atomic E-state index is 5.98. The zero-order valence-electron chi connectivity index (χ0n) is 10.8. The average molecular weight is 293 g/mol. The first kappa shape index (κ1) is 14.4. The van der Waals surface area contributed by atoms with Gasteiger partial charge in [-0.1, -0.05) is 47.5 Å². The Hall–Kier alpha value is -1.00. The molecule has 19 heavy (non-hydrogen) atoms. The van der Waals surface area contributed by atoms with E-state index in [1.165, 1.54) is 11.1 Å². The van der Waals surface area contributed by atoms with E-state index in [0.717, 1.165) is 15.7 Å². The van der Waals surface area contributed by atoms with Crippen LogP contribution in [0.25, 0.3) is 0 Å². The quantitative estimate of drug-likeness (QED) is 0.498. The molecule has 0 spiro atoms. The number of nitrogens with one attached hydrogen (secondary N) is 1. The third-order valence-electron chi connectivity index (χ3n) is 2.86. The lowest BCUT2D eigenvalue weighted by molar-refractivity contribution is 0.610. The molecular weight excluding hydrogens is 276 g/mol. The Morgan fingerprint density at radius 1 is 1.21 bits per heavy atom. The highest BCUT2D eigenvalue weighted by molar-refractivity contribution is 7.99. The van der Waals surface area contributed by atoms with Gasteiger partial charge in [0.15, 0.2) is 0 Å². The van der Waals surface area contributed by atoms with Crippen LogP contribution in [0.5, 0.6) is 0 Å². The van der Waals surface area contributed by atoms with E-state index in [2.05, 4.69) is 42.7 Å². The number of halogens is 1. The van der Waals surface area contributed by atoms with Gasteiger partial charge in [-0.3, -0.25) is 11.3 Å². The van der Waals surface area contributed by atoms with E-state index in [0.29, 0.717) is 0 Å². The first-order chi connectivity index (χ1) is 9.19. The molecule has 0 fully saturated rings. The van der Waals surface area contributed by atoms with Gasteiger partial charge in [0.1, 0.15) is 0 Å². The van der Waals surface area contributed by atoms with Crippen molar-refractivity contribution < 1.29 is 0 Å². The molecule has 2 rings (SSSR count). The van der Waals surface area contributed by atoms with Crippen LogP contribution in [0.2, 0.25) is 5.02 Å². The number of benzene rings is 2. The van der Waals surface area contributed by atoms with E-state index in [1.807, 2.05) is 18.2 Å². The second-order valence-electron chi connectivity index (χ2n) is 4.40. The van der Waals surface area contributed by atoms with E-state index in [1.54, 1.807) is 11.8 Å². The van der Waals surface area contributed by atoms with E-state index in [-0.39, 0.29) is 6.04 Å². The SMILES string of the molecule is Cc1cccc(C(CSc2cccc(Cl)c2)NN)c1. The fourth-order valence-electron chi connectivity index (χ4n) is 1.86. The van der Waals surface area contributed by atoms with E-state index in [9.17, 15) is 0 Å². The van der Waals surface area contributed by atoms with E-state index < -0.39 is 0 Å². The third kappa shape index (κ3) is 4.25. The summed E-state index contributed by atoms with van der Waals surface area (Å²) in [5, 5.41) is 0.762. The lowest BCUT2D eigenvalue weighted by Gasteiger charge is -2.16. The van der Waals surface area contributed by atoms with Gasteiger partial charge in [-0.25, -0.2) is 0 Å². The maximum Gasteiger partial charge on any atom is 0.0554 e. The number of hydrazine groups is 1. The largest absolute Gasteiger partial charge is 0.271 e. The minimum Gasteiger partial charge on any atom is -0.271 e. The van der Waals surface area contributed by atoms with Crippen LogP contribution < -0.4 is 11.3 Å². The Bertz CT molecular complexity index is 545. The van der Waals surface area contributed by atoms with Crippen LogP contribution in [0.4, 0.5) is 0 Å². The second kappa shape index (κ2) is 6.96. The normalized spacial score (nSPS) is 12.4. The minimum atomic E-state index is 0.129. The predicted molar refractivity (Wildman–Crippen MR) is 83.4 cm³/mol. The lowest BCUT2D eigenvalue weighted by atomic mass is 10.1. The Morgan fingerprint density at radius 2 is 2.00 bits per heavy atom. The maximum atomic E-state index is 5.98. The summed E-state index contributed by atoms with van der Waals surface area (Å²) in [4.78, 5) is 1.15. The number of hydrogen-bond acceptors (Lipinski definition) is 3. The van der Waals surface area contributed by atoms with Gasteiger partial charge in [0.05, 0.1) is 6.04 Å². The summed E-state index contributed by atoms with van der Waals surface area (Å²) in [5.74, 6) is 6.52. The van der Waals surface area contributed by atoms with Crippen molar-refractivity contribution in [3.63, 3.8) is 0 Å². The van der Waals surface area contributed by atoms with Crippen molar-refractivity contribution in [3.8, 4) is 0 Å². The summed E-state index contributed by atoms with van der Waals surface area (Å²) in [7, 11) is 0. The molecule has 0 radical (unpaired) electrons. The van der Waals surface area contributed by atoms with Gasteiger partial charge in [-0.05, 0) is 30.7 Å². The van der Waals surface area contributed by atoms with Crippen molar-refractivity contribution >= 4 is 23.4 Å². The fraction of sp³-hybridized carbons (Fsp3) is 0.200. The zero-order valence-corrected chi connectivity index (χ0v) is 12.3. The minimum absolute atomic E-state index is 0.129. The molecule has 0 aliphatic heterocycles. The lowest BCUT2D eigenvalue weighted by Crippen LogP contribution is -2.29. The van der Waals surface area contributed by atoms with Gasteiger partial charge in [-0.15, -0.1) is 11.8 Å². The van der Waals surface area contributed by atoms with Crippen molar-refractivity contribution in [3.05, 3.63) is 64.7 Å². The fourth-order valence-corrected chi connectivity index (χ4v) is 3.15. The molecule has 0 saturated carbocycles. The van der Waals surface area contributed by atoms with E-state index in [4.69, 9.17) is 17.4 Å². The number of thioether (sulfide) groups is 1. The van der Waals surface area contributed by atoms with Gasteiger partial charge < -0.3 is 0 Å². The summed E-state index contributed by atoms with van der Waals surface area (Å²) in [6.45, 7) is 2.08. The molecule has 0 aromatic heterocycles. The van der Waals surface area contributed by atoms with Gasteiger partial charge >= 0.3 is 0 Å². The van der Waals surface area contributed by atoms with Crippen LogP contribution in [0, 0.1) is 6.92 Å². The zero-order chi connectivity index (χ0) is 13.7. The van der Waals surface area contributed by atoms with Crippen molar-refractivity contribution in [2.45, 2.75) is 17.9 Å². The van der Waals surface area contributed by atoms with Crippen LogP contribution in [0.1, 0.15) is 17.2 Å². The first-order valence-electron chi connectivity index (χ1n) is 6.10. The molecule has 2 aromatic rings. The van der Waals surface area contributed by atoms with Crippen molar-refractivity contribution in [2.75, 3.05) is 5.75 Å². The Labute approximate surface area is 123 Å². The highest BCUT2D eigenvalue weighted by Gasteiger charge is 2.10. The Kier molecular flexibility index (Phi) is 5.28. The molecule has 0 bridgehead atoms. The molecule has 2 aromatic carbocycles. The Balaban J connectivity index is 2.04. The smallest absolute Gasteiger partial charge is 0.0554 e. The molecule has 1 atom stereocenters. The van der Waals surface area contributed by atoms with Crippen LogP contribution in [0.3, 0.4) is 0 Å². The summed E-state index contributed by atoms with van der Waals surface area (Å²) >= 11 is 7.72. The highest BCUT2D eigenvalue weighted by Crippen LogP contribution is 2.26. The van der Waals surface area contributed by atoms with E-state index >= 15 is 0 Å². The van der Waals surface area contributed by atoms with Gasteiger partial charge in [-0.2, -0.15) is 0 Å². The van der Waals surface area contributed by atoms with Crippen molar-refractivity contribution in [1.29, 1.82) is 0 Å². The molecule has 0 aliphatic rings. The summed E-state index contributed by atoms with van der Waals surface area (Å²) in [6.07, 6.45) is 0. The van der Waals surface area contributed by atoms with Crippen LogP contribution in [-0.4, -0.2) is 5.75 Å². The molecule has 0 amide bonds. The predicted octanol–water partition coefficient (Wildman–Crippen LogP) is 3.95. The molecule has 0 aliphatic carbocycles. The summed E-state index contributed by atoms with van der Waals surface area (Å²) < 4.78 is 0. The summed E-state index contributed by atoms with van der Waals surface area (Å²) in [5.41, 5.74) is 5.32. The standard InChI is InChI=1S/C15H17ClN2S/c1-11-4-2-5-12(8-11)15(18-17)10-19-14-7-3-6-13(16)9-14/h2-9,15,18H,10,17H2,1H3. The topological polar surface area (TPSA) is 38.0 Å². The molecule has 100 valence electrons. The number of aryl methyl sites for hydroxylation is 1.